The Morgan fingerprint density at radius 1 is 1.23 bits per heavy atom. The lowest BCUT2D eigenvalue weighted by Gasteiger charge is -2.14. The average Bonchev–Trinajstić information content (AvgIpc) is 3.04. The monoisotopic (exact) mass is 380 g/mol. The molecule has 1 aliphatic rings. The zero-order valence-electron chi connectivity index (χ0n) is 14.4. The Balaban J connectivity index is 0.00000243. The Kier molecular flexibility index (Phi) is 6.97. The quantitative estimate of drug-likeness (QED) is 0.744. The first kappa shape index (κ1) is 20.2. The molecule has 26 heavy (non-hydrogen) atoms. The van der Waals surface area contributed by atoms with Gasteiger partial charge in [-0.3, -0.25) is 4.79 Å². The van der Waals surface area contributed by atoms with Gasteiger partial charge in [0.05, 0.1) is 18.8 Å². The summed E-state index contributed by atoms with van der Waals surface area (Å²) in [4.78, 5) is 12.2. The lowest BCUT2D eigenvalue weighted by atomic mass is 10.0. The number of hydrogen-bond acceptors (Lipinski definition) is 4. The molecule has 2 unspecified atom stereocenters. The van der Waals surface area contributed by atoms with Crippen LogP contribution in [0.5, 0.6) is 5.75 Å². The second kappa shape index (κ2) is 8.98. The van der Waals surface area contributed by atoms with Crippen LogP contribution in [0.2, 0.25) is 0 Å². The highest BCUT2D eigenvalue weighted by Gasteiger charge is 2.25. The highest BCUT2D eigenvalue weighted by atomic mass is 35.5. The summed E-state index contributed by atoms with van der Waals surface area (Å²) in [7, 11) is 1.59. The minimum absolute atomic E-state index is 0. The number of hydrogen-bond donors (Lipinski definition) is 3. The standard InChI is InChI=1S/C19H21FN2O3.ClH/c1-25-15-5-2-12(3-6-15)13-4-7-16(17(20)8-13)19(24)22-10-14-9-21-11-18(14)23;/h2-8,14,18,21,23H,9-11H2,1H3,(H,22,24);1H. The SMILES string of the molecule is COc1ccc(-c2ccc(C(=O)NCC3CNCC3O)c(F)c2)cc1.Cl. The Morgan fingerprint density at radius 3 is 2.50 bits per heavy atom. The van der Waals surface area contributed by atoms with Crippen molar-refractivity contribution in [1.29, 1.82) is 0 Å². The molecule has 1 saturated heterocycles. The summed E-state index contributed by atoms with van der Waals surface area (Å²) in [6.45, 7) is 1.47. The van der Waals surface area contributed by atoms with Gasteiger partial charge in [-0.15, -0.1) is 12.4 Å². The van der Waals surface area contributed by atoms with E-state index in [4.69, 9.17) is 4.74 Å². The molecule has 1 amide bonds. The maximum Gasteiger partial charge on any atom is 0.254 e. The lowest BCUT2D eigenvalue weighted by molar-refractivity contribution is 0.0923. The highest BCUT2D eigenvalue weighted by Crippen LogP contribution is 2.24. The van der Waals surface area contributed by atoms with E-state index in [1.165, 1.54) is 12.1 Å². The van der Waals surface area contributed by atoms with Crippen molar-refractivity contribution in [3.05, 3.63) is 53.8 Å². The van der Waals surface area contributed by atoms with Gasteiger partial charge in [-0.1, -0.05) is 18.2 Å². The van der Waals surface area contributed by atoms with Crippen LogP contribution in [-0.2, 0) is 0 Å². The predicted molar refractivity (Wildman–Crippen MR) is 100 cm³/mol. The molecular formula is C19H22ClFN2O3. The number of rotatable bonds is 5. The van der Waals surface area contributed by atoms with Gasteiger partial charge in [0.2, 0.25) is 0 Å². The molecule has 1 fully saturated rings. The van der Waals surface area contributed by atoms with Crippen molar-refractivity contribution in [2.24, 2.45) is 5.92 Å². The van der Waals surface area contributed by atoms with Crippen LogP contribution in [0.25, 0.3) is 11.1 Å². The molecule has 2 atom stereocenters. The van der Waals surface area contributed by atoms with E-state index in [-0.39, 0.29) is 23.9 Å². The van der Waals surface area contributed by atoms with Crippen LogP contribution in [-0.4, -0.2) is 43.9 Å². The molecule has 0 aromatic heterocycles. The van der Waals surface area contributed by atoms with E-state index in [1.807, 2.05) is 12.1 Å². The molecule has 1 aliphatic heterocycles. The molecule has 140 valence electrons. The van der Waals surface area contributed by atoms with Crippen molar-refractivity contribution < 1.29 is 19.0 Å². The number of carbonyl (C=O) groups is 1. The van der Waals surface area contributed by atoms with Crippen LogP contribution in [0.15, 0.2) is 42.5 Å². The fourth-order valence-corrected chi connectivity index (χ4v) is 2.91. The van der Waals surface area contributed by atoms with Gasteiger partial charge in [0.25, 0.3) is 5.91 Å². The van der Waals surface area contributed by atoms with Gasteiger partial charge in [0, 0.05) is 25.6 Å². The molecule has 0 aliphatic carbocycles. The van der Waals surface area contributed by atoms with Crippen LogP contribution in [0.3, 0.4) is 0 Å². The lowest BCUT2D eigenvalue weighted by Crippen LogP contribution is -2.34. The maximum atomic E-state index is 14.4. The van der Waals surface area contributed by atoms with Crippen LogP contribution in [0.1, 0.15) is 10.4 Å². The summed E-state index contributed by atoms with van der Waals surface area (Å²) in [5.41, 5.74) is 1.52. The minimum Gasteiger partial charge on any atom is -0.497 e. The van der Waals surface area contributed by atoms with Crippen LogP contribution in [0.4, 0.5) is 4.39 Å². The molecule has 1 heterocycles. The van der Waals surface area contributed by atoms with E-state index in [0.29, 0.717) is 25.2 Å². The third-order valence-corrected chi connectivity index (χ3v) is 4.47. The molecule has 5 nitrogen and oxygen atoms in total. The van der Waals surface area contributed by atoms with Crippen molar-refractivity contribution in [2.75, 3.05) is 26.7 Å². The highest BCUT2D eigenvalue weighted by molar-refractivity contribution is 5.95. The summed E-state index contributed by atoms with van der Waals surface area (Å²) in [6, 6.07) is 11.8. The number of halogens is 2. The zero-order chi connectivity index (χ0) is 17.8. The number of ether oxygens (including phenoxy) is 1. The van der Waals surface area contributed by atoms with Crippen molar-refractivity contribution in [3.63, 3.8) is 0 Å². The molecule has 2 aromatic rings. The van der Waals surface area contributed by atoms with Gasteiger partial charge in [0.1, 0.15) is 11.6 Å². The maximum absolute atomic E-state index is 14.4. The van der Waals surface area contributed by atoms with Gasteiger partial charge in [-0.25, -0.2) is 4.39 Å². The van der Waals surface area contributed by atoms with Gasteiger partial charge in [-0.05, 0) is 35.4 Å². The molecule has 0 spiro atoms. The smallest absolute Gasteiger partial charge is 0.254 e. The van der Waals surface area contributed by atoms with E-state index < -0.39 is 17.8 Å². The predicted octanol–water partition coefficient (Wildman–Crippen LogP) is 2.23. The van der Waals surface area contributed by atoms with Gasteiger partial charge in [-0.2, -0.15) is 0 Å². The van der Waals surface area contributed by atoms with Crippen LogP contribution >= 0.6 is 12.4 Å². The molecule has 7 heteroatoms. The molecule has 0 saturated carbocycles. The first-order valence-corrected chi connectivity index (χ1v) is 8.19. The second-order valence-electron chi connectivity index (χ2n) is 6.12. The summed E-state index contributed by atoms with van der Waals surface area (Å²) in [6.07, 6.45) is -0.484. The van der Waals surface area contributed by atoms with Crippen LogP contribution < -0.4 is 15.4 Å². The topological polar surface area (TPSA) is 70.6 Å². The number of aliphatic hydroxyl groups excluding tert-OH is 1. The Hall–Kier alpha value is -2.15. The minimum atomic E-state index is -0.573. The number of aliphatic hydroxyl groups is 1. The van der Waals surface area contributed by atoms with Crippen molar-refractivity contribution in [1.82, 2.24) is 10.6 Å². The van der Waals surface area contributed by atoms with Gasteiger partial charge >= 0.3 is 0 Å². The van der Waals surface area contributed by atoms with Gasteiger partial charge in [0.15, 0.2) is 0 Å². The van der Waals surface area contributed by atoms with E-state index in [2.05, 4.69) is 10.6 Å². The summed E-state index contributed by atoms with van der Waals surface area (Å²) in [5, 5.41) is 15.5. The van der Waals surface area contributed by atoms with E-state index in [0.717, 1.165) is 11.3 Å². The number of methoxy groups -OCH3 is 1. The fraction of sp³-hybridized carbons (Fsp3) is 0.316. The molecule has 3 rings (SSSR count). The number of carbonyl (C=O) groups excluding carboxylic acids is 1. The number of nitrogens with one attached hydrogen (secondary N) is 2. The van der Waals surface area contributed by atoms with Crippen LogP contribution in [0, 0.1) is 11.7 Å². The number of benzene rings is 2. The third-order valence-electron chi connectivity index (χ3n) is 4.47. The molecule has 0 radical (unpaired) electrons. The Bertz CT molecular complexity index is 755. The first-order valence-electron chi connectivity index (χ1n) is 8.19. The normalized spacial score (nSPS) is 18.9. The summed E-state index contributed by atoms with van der Waals surface area (Å²) < 4.78 is 19.5. The Morgan fingerprint density at radius 2 is 1.92 bits per heavy atom. The van der Waals surface area contributed by atoms with E-state index in [1.54, 1.807) is 25.3 Å². The summed E-state index contributed by atoms with van der Waals surface area (Å²) >= 11 is 0. The number of amides is 1. The molecule has 0 bridgehead atoms. The Labute approximate surface area is 158 Å². The van der Waals surface area contributed by atoms with E-state index >= 15 is 0 Å². The van der Waals surface area contributed by atoms with Gasteiger partial charge < -0.3 is 20.5 Å². The molecule has 3 N–H and O–H groups in total. The number of β-amino-alcohol motifs (C(OH)–C–C–N with tert-alkyl or cyclic N) is 1. The molecular weight excluding hydrogens is 359 g/mol. The fourth-order valence-electron chi connectivity index (χ4n) is 2.91. The van der Waals surface area contributed by atoms with E-state index in [9.17, 15) is 14.3 Å². The second-order valence-corrected chi connectivity index (χ2v) is 6.12. The third kappa shape index (κ3) is 4.52. The largest absolute Gasteiger partial charge is 0.497 e. The molecule has 2 aromatic carbocycles. The van der Waals surface area contributed by atoms with Crippen molar-refractivity contribution in [3.8, 4) is 16.9 Å². The zero-order valence-corrected chi connectivity index (χ0v) is 15.2. The van der Waals surface area contributed by atoms with Crippen molar-refractivity contribution >= 4 is 18.3 Å². The summed E-state index contributed by atoms with van der Waals surface area (Å²) in [5.74, 6) is -0.372. The van der Waals surface area contributed by atoms with Crippen molar-refractivity contribution in [2.45, 2.75) is 6.10 Å². The average molecular weight is 381 g/mol. The first-order chi connectivity index (χ1) is 12.1.